The van der Waals surface area contributed by atoms with E-state index in [0.717, 1.165) is 12.0 Å². The molecule has 0 fully saturated rings. The molecule has 0 aliphatic carbocycles. The van der Waals surface area contributed by atoms with E-state index in [1.165, 1.54) is 18.2 Å². The lowest BCUT2D eigenvalue weighted by Crippen LogP contribution is -2.02. The average Bonchev–Trinajstić information content (AvgIpc) is 2.83. The van der Waals surface area contributed by atoms with Crippen LogP contribution in [0.1, 0.15) is 24.5 Å². The zero-order chi connectivity index (χ0) is 24.1. The van der Waals surface area contributed by atoms with Gasteiger partial charge in [0, 0.05) is 17.0 Å². The van der Waals surface area contributed by atoms with Gasteiger partial charge in [0.15, 0.2) is 0 Å². The highest BCUT2D eigenvalue weighted by Crippen LogP contribution is 2.31. The van der Waals surface area contributed by atoms with Crippen molar-refractivity contribution in [2.75, 3.05) is 6.61 Å². The standard InChI is InChI=1S/C28H24F4O2/c1-2-15-33-23-12-14-24(26(29)17-23)20-9-13-25-21(16-20)8-7-19(27(25)30)6-3-18-4-10-22(11-5-18)34-28(31)32/h4-5,7-14,16-17,28H,2-3,6,15H2,1H3. The molecule has 0 aliphatic rings. The average molecular weight is 468 g/mol. The normalized spacial score (nSPS) is 11.2. The Morgan fingerprint density at radius 2 is 1.56 bits per heavy atom. The molecule has 0 aliphatic heterocycles. The van der Waals surface area contributed by atoms with E-state index in [4.69, 9.17) is 4.74 Å². The molecule has 0 amide bonds. The number of aryl methyl sites for hydroxylation is 2. The Bertz CT molecular complexity index is 1270. The SMILES string of the molecule is CCCOc1ccc(-c2ccc3c(F)c(CCc4ccc(OC(F)F)cc4)ccc3c2)c(F)c1. The number of ether oxygens (including phenoxy) is 2. The molecular weight excluding hydrogens is 444 g/mol. The number of rotatable bonds is 9. The van der Waals surface area contributed by atoms with Gasteiger partial charge >= 0.3 is 6.61 Å². The number of alkyl halides is 2. The summed E-state index contributed by atoms with van der Waals surface area (Å²) in [6.45, 7) is -0.362. The van der Waals surface area contributed by atoms with Crippen molar-refractivity contribution in [2.24, 2.45) is 0 Å². The van der Waals surface area contributed by atoms with Crippen molar-refractivity contribution in [3.05, 3.63) is 95.6 Å². The highest BCUT2D eigenvalue weighted by Gasteiger charge is 2.12. The first-order chi connectivity index (χ1) is 16.4. The number of fused-ring (bicyclic) bond motifs is 1. The van der Waals surface area contributed by atoms with Gasteiger partial charge in [0.05, 0.1) is 6.61 Å². The van der Waals surface area contributed by atoms with Crippen LogP contribution in [-0.4, -0.2) is 13.2 Å². The molecule has 0 saturated heterocycles. The largest absolute Gasteiger partial charge is 0.494 e. The predicted octanol–water partition coefficient (Wildman–Crippen LogP) is 7.96. The number of benzene rings is 4. The summed E-state index contributed by atoms with van der Waals surface area (Å²) >= 11 is 0. The fourth-order valence-corrected chi connectivity index (χ4v) is 3.85. The van der Waals surface area contributed by atoms with Gasteiger partial charge in [0.1, 0.15) is 23.1 Å². The van der Waals surface area contributed by atoms with E-state index in [1.807, 2.05) is 13.0 Å². The fraction of sp³-hybridized carbons (Fsp3) is 0.214. The molecule has 0 heterocycles. The third kappa shape index (κ3) is 5.50. The van der Waals surface area contributed by atoms with Crippen molar-refractivity contribution in [3.8, 4) is 22.6 Å². The minimum Gasteiger partial charge on any atom is -0.494 e. The second-order valence-electron chi connectivity index (χ2n) is 7.99. The van der Waals surface area contributed by atoms with Crippen LogP contribution in [-0.2, 0) is 12.8 Å². The summed E-state index contributed by atoms with van der Waals surface area (Å²) in [7, 11) is 0. The van der Waals surface area contributed by atoms with Crippen LogP contribution < -0.4 is 9.47 Å². The molecule has 0 spiro atoms. The fourth-order valence-electron chi connectivity index (χ4n) is 3.85. The van der Waals surface area contributed by atoms with Gasteiger partial charge in [-0.15, -0.1) is 0 Å². The molecule has 4 aromatic rings. The Balaban J connectivity index is 1.51. The molecular formula is C28H24F4O2. The summed E-state index contributed by atoms with van der Waals surface area (Å²) in [5.74, 6) is -0.137. The Morgan fingerprint density at radius 3 is 2.26 bits per heavy atom. The third-order valence-electron chi connectivity index (χ3n) is 5.59. The minimum absolute atomic E-state index is 0.0889. The highest BCUT2D eigenvalue weighted by atomic mass is 19.3. The van der Waals surface area contributed by atoms with Gasteiger partial charge in [0.2, 0.25) is 0 Å². The van der Waals surface area contributed by atoms with Crippen LogP contribution in [0.25, 0.3) is 21.9 Å². The third-order valence-corrected chi connectivity index (χ3v) is 5.59. The Morgan fingerprint density at radius 1 is 0.794 bits per heavy atom. The van der Waals surface area contributed by atoms with E-state index >= 15 is 4.39 Å². The van der Waals surface area contributed by atoms with Gasteiger partial charge in [-0.2, -0.15) is 8.78 Å². The van der Waals surface area contributed by atoms with Crippen molar-refractivity contribution in [1.29, 1.82) is 0 Å². The molecule has 0 N–H and O–H groups in total. The van der Waals surface area contributed by atoms with Crippen LogP contribution in [0.3, 0.4) is 0 Å². The number of halogens is 4. The van der Waals surface area contributed by atoms with E-state index in [0.29, 0.717) is 52.7 Å². The molecule has 34 heavy (non-hydrogen) atoms. The van der Waals surface area contributed by atoms with Gasteiger partial charge in [-0.1, -0.05) is 43.3 Å². The first-order valence-electron chi connectivity index (χ1n) is 11.1. The Kier molecular flexibility index (Phi) is 7.36. The molecule has 4 aromatic carbocycles. The summed E-state index contributed by atoms with van der Waals surface area (Å²) in [5.41, 5.74) is 2.52. The molecule has 2 nitrogen and oxygen atoms in total. The van der Waals surface area contributed by atoms with E-state index in [2.05, 4.69) is 4.74 Å². The van der Waals surface area contributed by atoms with Crippen molar-refractivity contribution in [1.82, 2.24) is 0 Å². The van der Waals surface area contributed by atoms with Crippen molar-refractivity contribution < 1.29 is 27.0 Å². The first kappa shape index (κ1) is 23.6. The molecule has 0 bridgehead atoms. The summed E-state index contributed by atoms with van der Waals surface area (Å²) in [6.07, 6.45) is 1.84. The van der Waals surface area contributed by atoms with E-state index < -0.39 is 12.4 Å². The molecule has 0 radical (unpaired) electrons. The molecule has 0 saturated carbocycles. The summed E-state index contributed by atoms with van der Waals surface area (Å²) in [5, 5.41) is 1.14. The maximum absolute atomic E-state index is 15.2. The number of hydrogen-bond donors (Lipinski definition) is 0. The smallest absolute Gasteiger partial charge is 0.387 e. The lowest BCUT2D eigenvalue weighted by atomic mass is 9.97. The van der Waals surface area contributed by atoms with Gasteiger partial charge < -0.3 is 9.47 Å². The first-order valence-corrected chi connectivity index (χ1v) is 11.1. The molecule has 6 heteroatoms. The van der Waals surface area contributed by atoms with Crippen LogP contribution in [0.5, 0.6) is 11.5 Å². The van der Waals surface area contributed by atoms with E-state index in [-0.39, 0.29) is 11.6 Å². The monoisotopic (exact) mass is 468 g/mol. The summed E-state index contributed by atoms with van der Waals surface area (Å²) in [6, 6.07) is 19.8. The molecule has 4 rings (SSSR count). The molecule has 0 aromatic heterocycles. The van der Waals surface area contributed by atoms with Gasteiger partial charge in [-0.05, 0) is 71.7 Å². The lowest BCUT2D eigenvalue weighted by molar-refractivity contribution is -0.0498. The summed E-state index contributed by atoms with van der Waals surface area (Å²) in [4.78, 5) is 0. The topological polar surface area (TPSA) is 18.5 Å². The predicted molar refractivity (Wildman–Crippen MR) is 126 cm³/mol. The van der Waals surface area contributed by atoms with Crippen LogP contribution in [0.2, 0.25) is 0 Å². The quantitative estimate of drug-likeness (QED) is 0.232. The van der Waals surface area contributed by atoms with E-state index in [1.54, 1.807) is 48.5 Å². The van der Waals surface area contributed by atoms with Gasteiger partial charge in [-0.25, -0.2) is 8.78 Å². The molecule has 176 valence electrons. The Labute approximate surface area is 195 Å². The lowest BCUT2D eigenvalue weighted by Gasteiger charge is -2.11. The zero-order valence-electron chi connectivity index (χ0n) is 18.7. The molecule has 0 unspecified atom stereocenters. The van der Waals surface area contributed by atoms with Crippen molar-refractivity contribution in [2.45, 2.75) is 32.8 Å². The minimum atomic E-state index is -2.87. The van der Waals surface area contributed by atoms with Crippen molar-refractivity contribution >= 4 is 10.8 Å². The Hall–Kier alpha value is -3.54. The van der Waals surface area contributed by atoms with E-state index in [9.17, 15) is 13.2 Å². The second-order valence-corrected chi connectivity index (χ2v) is 7.99. The van der Waals surface area contributed by atoms with Crippen LogP contribution >= 0.6 is 0 Å². The maximum atomic E-state index is 15.2. The van der Waals surface area contributed by atoms with Gasteiger partial charge in [-0.3, -0.25) is 0 Å². The molecule has 0 atom stereocenters. The van der Waals surface area contributed by atoms with Crippen LogP contribution in [0.15, 0.2) is 72.8 Å². The van der Waals surface area contributed by atoms with Crippen molar-refractivity contribution in [3.63, 3.8) is 0 Å². The van der Waals surface area contributed by atoms with Crippen LogP contribution in [0, 0.1) is 11.6 Å². The maximum Gasteiger partial charge on any atom is 0.387 e. The second kappa shape index (κ2) is 10.6. The summed E-state index contributed by atoms with van der Waals surface area (Å²) < 4.78 is 64.2. The highest BCUT2D eigenvalue weighted by molar-refractivity contribution is 5.88. The van der Waals surface area contributed by atoms with Gasteiger partial charge in [0.25, 0.3) is 0 Å². The number of hydrogen-bond acceptors (Lipinski definition) is 2. The zero-order valence-corrected chi connectivity index (χ0v) is 18.7. The van der Waals surface area contributed by atoms with Crippen LogP contribution in [0.4, 0.5) is 17.6 Å².